The van der Waals surface area contributed by atoms with Crippen LogP contribution in [0.3, 0.4) is 0 Å². The zero-order chi connectivity index (χ0) is 13.8. The summed E-state index contributed by atoms with van der Waals surface area (Å²) in [6.07, 6.45) is 0. The highest BCUT2D eigenvalue weighted by Gasteiger charge is 2.16. The molecule has 18 heavy (non-hydrogen) atoms. The molecule has 0 saturated heterocycles. The quantitative estimate of drug-likeness (QED) is 0.667. The Morgan fingerprint density at radius 3 is 2.67 bits per heavy atom. The van der Waals surface area contributed by atoms with E-state index >= 15 is 0 Å². The van der Waals surface area contributed by atoms with E-state index in [-0.39, 0.29) is 17.2 Å². The van der Waals surface area contributed by atoms with Gasteiger partial charge in [0.05, 0.1) is 7.11 Å². The number of nitrogens with two attached hydrogens (primary N) is 1. The number of ether oxygens (including phenoxy) is 1. The summed E-state index contributed by atoms with van der Waals surface area (Å²) >= 11 is 4.88. The molecule has 0 amide bonds. The van der Waals surface area contributed by atoms with Crippen molar-refractivity contribution in [1.82, 2.24) is 4.72 Å². The smallest absolute Gasteiger partial charge is 0.299 e. The number of nitrogens with one attached hydrogen (secondary N) is 2. The van der Waals surface area contributed by atoms with Gasteiger partial charge in [0, 0.05) is 12.1 Å². The number of hydrogen-bond donors (Lipinski definition) is 3. The van der Waals surface area contributed by atoms with Gasteiger partial charge in [-0.15, -0.1) is 0 Å². The van der Waals surface area contributed by atoms with Crippen LogP contribution in [0.2, 0.25) is 0 Å². The molecule has 0 aliphatic rings. The molecule has 0 spiro atoms. The van der Waals surface area contributed by atoms with E-state index in [4.69, 9.17) is 22.7 Å². The summed E-state index contributed by atoms with van der Waals surface area (Å²) in [7, 11) is -2.23. The molecule has 4 N–H and O–H groups in total. The molecule has 1 aromatic rings. The molecular weight excluding hydrogens is 274 g/mol. The Labute approximate surface area is 112 Å². The van der Waals surface area contributed by atoms with Crippen molar-refractivity contribution in [3.8, 4) is 5.75 Å². The van der Waals surface area contributed by atoms with E-state index < -0.39 is 10.2 Å². The number of anilines is 1. The molecule has 0 saturated carbocycles. The molecule has 0 atom stereocenters. The molecule has 0 aliphatic heterocycles. The lowest BCUT2D eigenvalue weighted by atomic mass is 10.1. The Morgan fingerprint density at radius 2 is 2.17 bits per heavy atom. The summed E-state index contributed by atoms with van der Waals surface area (Å²) in [4.78, 5) is 0.0862. The molecule has 1 rings (SSSR count). The minimum Gasteiger partial charge on any atom is -0.495 e. The largest absolute Gasteiger partial charge is 0.495 e. The van der Waals surface area contributed by atoms with Crippen LogP contribution in [0.1, 0.15) is 12.5 Å². The lowest BCUT2D eigenvalue weighted by Crippen LogP contribution is -2.31. The van der Waals surface area contributed by atoms with Crippen LogP contribution in [0.4, 0.5) is 5.69 Å². The van der Waals surface area contributed by atoms with Crippen molar-refractivity contribution in [2.75, 3.05) is 18.4 Å². The normalized spacial score (nSPS) is 11.0. The Kier molecular flexibility index (Phi) is 4.88. The summed E-state index contributed by atoms with van der Waals surface area (Å²) in [6, 6.07) is 4.92. The minimum absolute atomic E-state index is 0.0862. The lowest BCUT2D eigenvalue weighted by molar-refractivity contribution is 0.417. The predicted molar refractivity (Wildman–Crippen MR) is 75.1 cm³/mol. The van der Waals surface area contributed by atoms with E-state index in [1.54, 1.807) is 25.1 Å². The fourth-order valence-electron chi connectivity index (χ4n) is 1.37. The third-order valence-corrected chi connectivity index (χ3v) is 3.44. The van der Waals surface area contributed by atoms with Gasteiger partial charge in [-0.1, -0.05) is 25.2 Å². The molecular formula is C10H15N3O3S2. The Morgan fingerprint density at radius 1 is 1.50 bits per heavy atom. The Balaban J connectivity index is 3.25. The first-order chi connectivity index (χ1) is 8.41. The molecule has 0 fully saturated rings. The maximum absolute atomic E-state index is 11.7. The SMILES string of the molecule is CCNS(=O)(=O)Nc1c(OC)cccc1C(N)=S. The minimum atomic E-state index is -3.67. The Bertz CT molecular complexity index is 543. The molecule has 0 bridgehead atoms. The second-order valence-electron chi connectivity index (χ2n) is 3.35. The average molecular weight is 289 g/mol. The number of hydrogen-bond acceptors (Lipinski definition) is 4. The van der Waals surface area contributed by atoms with Crippen LogP contribution < -0.4 is 19.9 Å². The van der Waals surface area contributed by atoms with Crippen LogP contribution >= 0.6 is 12.2 Å². The molecule has 8 heteroatoms. The van der Waals surface area contributed by atoms with Crippen LogP contribution in [0.25, 0.3) is 0 Å². The third-order valence-electron chi connectivity index (χ3n) is 2.08. The van der Waals surface area contributed by atoms with E-state index in [9.17, 15) is 8.42 Å². The Hall–Kier alpha value is -1.38. The fraction of sp³-hybridized carbons (Fsp3) is 0.300. The molecule has 0 radical (unpaired) electrons. The summed E-state index contributed by atoms with van der Waals surface area (Å²) in [6.45, 7) is 1.95. The van der Waals surface area contributed by atoms with Crippen molar-refractivity contribution < 1.29 is 13.2 Å². The van der Waals surface area contributed by atoms with Crippen molar-refractivity contribution >= 4 is 33.1 Å². The zero-order valence-corrected chi connectivity index (χ0v) is 11.7. The van der Waals surface area contributed by atoms with E-state index in [2.05, 4.69) is 9.44 Å². The van der Waals surface area contributed by atoms with Crippen LogP contribution in [0.15, 0.2) is 18.2 Å². The van der Waals surface area contributed by atoms with Crippen molar-refractivity contribution in [3.63, 3.8) is 0 Å². The summed E-state index contributed by atoms with van der Waals surface area (Å²) in [5, 5.41) is 0. The lowest BCUT2D eigenvalue weighted by Gasteiger charge is -2.15. The van der Waals surface area contributed by atoms with Gasteiger partial charge in [-0.05, 0) is 12.1 Å². The van der Waals surface area contributed by atoms with Crippen molar-refractivity contribution in [2.24, 2.45) is 5.73 Å². The fourth-order valence-corrected chi connectivity index (χ4v) is 2.47. The second-order valence-corrected chi connectivity index (χ2v) is 5.29. The zero-order valence-electron chi connectivity index (χ0n) is 10.1. The number of benzene rings is 1. The van der Waals surface area contributed by atoms with Crippen LogP contribution in [-0.4, -0.2) is 27.1 Å². The van der Waals surface area contributed by atoms with Crippen molar-refractivity contribution in [2.45, 2.75) is 6.92 Å². The molecule has 0 heterocycles. The van der Waals surface area contributed by atoms with Gasteiger partial charge >= 0.3 is 0 Å². The van der Waals surface area contributed by atoms with E-state index in [1.807, 2.05) is 0 Å². The van der Waals surface area contributed by atoms with E-state index in [0.29, 0.717) is 11.3 Å². The van der Waals surface area contributed by atoms with Crippen LogP contribution in [-0.2, 0) is 10.2 Å². The maximum atomic E-state index is 11.7. The van der Waals surface area contributed by atoms with Gasteiger partial charge in [0.25, 0.3) is 10.2 Å². The maximum Gasteiger partial charge on any atom is 0.299 e. The first-order valence-corrected chi connectivity index (χ1v) is 7.04. The highest BCUT2D eigenvalue weighted by atomic mass is 32.2. The third kappa shape index (κ3) is 3.56. The summed E-state index contributed by atoms with van der Waals surface area (Å²) in [5.74, 6) is 0.349. The standard InChI is InChI=1S/C10H15N3O3S2/c1-3-12-18(14,15)13-9-7(10(11)17)5-4-6-8(9)16-2/h4-6,12-13H,3H2,1-2H3,(H2,11,17). The number of methoxy groups -OCH3 is 1. The topological polar surface area (TPSA) is 93.5 Å². The van der Waals surface area contributed by atoms with Crippen molar-refractivity contribution in [1.29, 1.82) is 0 Å². The molecule has 0 unspecified atom stereocenters. The van der Waals surface area contributed by atoms with Gasteiger partial charge in [-0.2, -0.15) is 13.1 Å². The number of rotatable bonds is 6. The molecule has 0 aromatic heterocycles. The average Bonchev–Trinajstić information content (AvgIpc) is 2.28. The highest BCUT2D eigenvalue weighted by Crippen LogP contribution is 2.28. The summed E-state index contributed by atoms with van der Waals surface area (Å²) in [5.41, 5.74) is 6.19. The highest BCUT2D eigenvalue weighted by molar-refractivity contribution is 7.90. The van der Waals surface area contributed by atoms with Gasteiger partial charge in [0.2, 0.25) is 0 Å². The number of para-hydroxylation sites is 1. The van der Waals surface area contributed by atoms with Gasteiger partial charge in [0.1, 0.15) is 16.4 Å². The van der Waals surface area contributed by atoms with Gasteiger partial charge in [0.15, 0.2) is 0 Å². The van der Waals surface area contributed by atoms with Gasteiger partial charge < -0.3 is 10.5 Å². The van der Waals surface area contributed by atoms with Gasteiger partial charge in [-0.3, -0.25) is 4.72 Å². The molecule has 1 aromatic carbocycles. The predicted octanol–water partition coefficient (Wildman–Crippen LogP) is 0.596. The summed E-state index contributed by atoms with van der Waals surface area (Å²) < 4.78 is 33.1. The van der Waals surface area contributed by atoms with E-state index in [1.165, 1.54) is 7.11 Å². The van der Waals surface area contributed by atoms with Gasteiger partial charge in [-0.25, -0.2) is 0 Å². The van der Waals surface area contributed by atoms with Crippen LogP contribution in [0, 0.1) is 0 Å². The monoisotopic (exact) mass is 289 g/mol. The first kappa shape index (κ1) is 14.7. The molecule has 0 aliphatic carbocycles. The van der Waals surface area contributed by atoms with E-state index in [0.717, 1.165) is 0 Å². The van der Waals surface area contributed by atoms with Crippen molar-refractivity contribution in [3.05, 3.63) is 23.8 Å². The molecule has 100 valence electrons. The van der Waals surface area contributed by atoms with Crippen LogP contribution in [0.5, 0.6) is 5.75 Å². The first-order valence-electron chi connectivity index (χ1n) is 5.15. The molecule has 6 nitrogen and oxygen atoms in total. The number of thiocarbonyl (C=S) groups is 1. The second kappa shape index (κ2) is 5.98.